The number of ether oxygens (including phenoxy) is 1. The topological polar surface area (TPSA) is 75.7 Å². The van der Waals surface area contributed by atoms with E-state index in [2.05, 4.69) is 5.32 Å². The molecular formula is C19H25ClN2O4. The van der Waals surface area contributed by atoms with Crippen molar-refractivity contribution in [2.24, 2.45) is 5.92 Å². The van der Waals surface area contributed by atoms with Crippen LogP contribution in [0.4, 0.5) is 0 Å². The Hall–Kier alpha value is -2.08. The monoisotopic (exact) mass is 380 g/mol. The summed E-state index contributed by atoms with van der Waals surface area (Å²) in [5.74, 6) is -0.979. The summed E-state index contributed by atoms with van der Waals surface area (Å²) < 4.78 is 5.10. The summed E-state index contributed by atoms with van der Waals surface area (Å²) in [6.45, 7) is 3.37. The van der Waals surface area contributed by atoms with Gasteiger partial charge in [0.15, 0.2) is 6.61 Å². The van der Waals surface area contributed by atoms with Crippen molar-refractivity contribution in [1.29, 1.82) is 0 Å². The number of carbonyl (C=O) groups excluding carboxylic acids is 3. The second-order valence-electron chi connectivity index (χ2n) is 6.38. The lowest BCUT2D eigenvalue weighted by molar-refractivity contribution is -0.153. The smallest absolute Gasteiger partial charge is 0.309 e. The maximum Gasteiger partial charge on any atom is 0.309 e. The van der Waals surface area contributed by atoms with Crippen molar-refractivity contribution < 1.29 is 19.1 Å². The summed E-state index contributed by atoms with van der Waals surface area (Å²) in [4.78, 5) is 37.8. The first-order chi connectivity index (χ1) is 12.5. The van der Waals surface area contributed by atoms with Crippen LogP contribution in [0, 0.1) is 5.92 Å². The number of benzene rings is 1. The standard InChI is InChI=1S/C19H25ClN2O4/c1-2-3-10-21-17(23)13-26-19(25)15-8-11-22(12-9-15)18(24)14-4-6-16(20)7-5-14/h4-7,15H,2-3,8-13H2,1H3,(H,21,23). The first kappa shape index (κ1) is 20.2. The first-order valence-corrected chi connectivity index (χ1v) is 9.37. The Kier molecular flexibility index (Phi) is 7.91. The average molecular weight is 381 g/mol. The van der Waals surface area contributed by atoms with Crippen molar-refractivity contribution in [2.45, 2.75) is 32.6 Å². The molecule has 26 heavy (non-hydrogen) atoms. The second-order valence-corrected chi connectivity index (χ2v) is 6.82. The van der Waals surface area contributed by atoms with Crippen LogP contribution in [0.25, 0.3) is 0 Å². The molecule has 6 nitrogen and oxygen atoms in total. The summed E-state index contributed by atoms with van der Waals surface area (Å²) in [6, 6.07) is 6.76. The van der Waals surface area contributed by atoms with Gasteiger partial charge in [-0.1, -0.05) is 24.9 Å². The molecular weight excluding hydrogens is 356 g/mol. The van der Waals surface area contributed by atoms with E-state index >= 15 is 0 Å². The van der Waals surface area contributed by atoms with Gasteiger partial charge in [-0.15, -0.1) is 0 Å². The van der Waals surface area contributed by atoms with E-state index in [0.717, 1.165) is 12.8 Å². The molecule has 7 heteroatoms. The fourth-order valence-corrected chi connectivity index (χ4v) is 2.93. The number of piperidine rings is 1. The number of carbonyl (C=O) groups is 3. The Bertz CT molecular complexity index is 625. The van der Waals surface area contributed by atoms with E-state index in [1.807, 2.05) is 6.92 Å². The van der Waals surface area contributed by atoms with Crippen LogP contribution in [0.1, 0.15) is 43.0 Å². The summed E-state index contributed by atoms with van der Waals surface area (Å²) in [5.41, 5.74) is 0.583. The number of amides is 2. The summed E-state index contributed by atoms with van der Waals surface area (Å²) >= 11 is 5.84. The van der Waals surface area contributed by atoms with Crippen molar-refractivity contribution in [1.82, 2.24) is 10.2 Å². The van der Waals surface area contributed by atoms with Crippen molar-refractivity contribution in [3.05, 3.63) is 34.9 Å². The molecule has 142 valence electrons. The number of nitrogens with one attached hydrogen (secondary N) is 1. The number of hydrogen-bond donors (Lipinski definition) is 1. The number of rotatable bonds is 7. The molecule has 1 aliphatic rings. The third-order valence-corrected chi connectivity index (χ3v) is 4.66. The molecule has 0 aromatic heterocycles. The van der Waals surface area contributed by atoms with Crippen LogP contribution in [-0.4, -0.2) is 48.9 Å². The fraction of sp³-hybridized carbons (Fsp3) is 0.526. The van der Waals surface area contributed by atoms with Crippen molar-refractivity contribution in [3.63, 3.8) is 0 Å². The van der Waals surface area contributed by atoms with Gasteiger partial charge >= 0.3 is 5.97 Å². The molecule has 0 saturated carbocycles. The van der Waals surface area contributed by atoms with Gasteiger partial charge in [-0.3, -0.25) is 14.4 Å². The lowest BCUT2D eigenvalue weighted by Crippen LogP contribution is -2.41. The number of unbranched alkanes of at least 4 members (excludes halogenated alkanes) is 1. The molecule has 0 bridgehead atoms. The molecule has 0 spiro atoms. The van der Waals surface area contributed by atoms with E-state index < -0.39 is 0 Å². The lowest BCUT2D eigenvalue weighted by Gasteiger charge is -2.31. The number of hydrogen-bond acceptors (Lipinski definition) is 4. The van der Waals surface area contributed by atoms with Gasteiger partial charge in [-0.2, -0.15) is 0 Å². The summed E-state index contributed by atoms with van der Waals surface area (Å²) in [6.07, 6.45) is 2.97. The van der Waals surface area contributed by atoms with E-state index in [1.165, 1.54) is 0 Å². The van der Waals surface area contributed by atoms with E-state index in [4.69, 9.17) is 16.3 Å². The molecule has 0 unspecified atom stereocenters. The molecule has 2 rings (SSSR count). The van der Waals surface area contributed by atoms with Gasteiger partial charge < -0.3 is 15.0 Å². The average Bonchev–Trinajstić information content (AvgIpc) is 2.66. The van der Waals surface area contributed by atoms with Crippen molar-refractivity contribution in [3.8, 4) is 0 Å². The Labute approximate surface area is 158 Å². The quantitative estimate of drug-likeness (QED) is 0.582. The predicted molar refractivity (Wildman–Crippen MR) is 99.0 cm³/mol. The Morgan fingerprint density at radius 2 is 1.85 bits per heavy atom. The predicted octanol–water partition coefficient (Wildman–Crippen LogP) is 2.65. The SMILES string of the molecule is CCCCNC(=O)COC(=O)C1CCN(C(=O)c2ccc(Cl)cc2)CC1. The van der Waals surface area contributed by atoms with Crippen molar-refractivity contribution in [2.75, 3.05) is 26.2 Å². The number of likely N-dealkylation sites (tertiary alicyclic amines) is 1. The summed E-state index contributed by atoms with van der Waals surface area (Å²) in [5, 5.41) is 3.29. The molecule has 1 heterocycles. The minimum absolute atomic E-state index is 0.0659. The van der Waals surface area contributed by atoms with Gasteiger partial charge in [-0.25, -0.2) is 0 Å². The van der Waals surface area contributed by atoms with E-state index in [-0.39, 0.29) is 30.3 Å². The highest BCUT2D eigenvalue weighted by Crippen LogP contribution is 2.21. The normalized spacial score (nSPS) is 14.8. The van der Waals surface area contributed by atoms with Gasteiger partial charge in [0, 0.05) is 30.2 Å². The third kappa shape index (κ3) is 6.02. The largest absolute Gasteiger partial charge is 0.455 e. The van der Waals surface area contributed by atoms with E-state index in [0.29, 0.717) is 43.1 Å². The molecule has 1 saturated heterocycles. The zero-order valence-electron chi connectivity index (χ0n) is 15.0. The maximum absolute atomic E-state index is 12.4. The highest BCUT2D eigenvalue weighted by Gasteiger charge is 2.29. The molecule has 1 aliphatic heterocycles. The number of nitrogens with zero attached hydrogens (tertiary/aromatic N) is 1. The highest BCUT2D eigenvalue weighted by molar-refractivity contribution is 6.30. The van der Waals surface area contributed by atoms with Crippen LogP contribution in [0.3, 0.4) is 0 Å². The third-order valence-electron chi connectivity index (χ3n) is 4.40. The minimum Gasteiger partial charge on any atom is -0.455 e. The molecule has 0 atom stereocenters. The first-order valence-electron chi connectivity index (χ1n) is 8.99. The van der Waals surface area contributed by atoms with Gasteiger partial charge in [0.2, 0.25) is 0 Å². The molecule has 1 N–H and O–H groups in total. The molecule has 2 amide bonds. The maximum atomic E-state index is 12.4. The highest BCUT2D eigenvalue weighted by atomic mass is 35.5. The van der Waals surface area contributed by atoms with Crippen LogP contribution in [-0.2, 0) is 14.3 Å². The fourth-order valence-electron chi connectivity index (χ4n) is 2.80. The van der Waals surface area contributed by atoms with Crippen LogP contribution >= 0.6 is 11.6 Å². The molecule has 1 fully saturated rings. The molecule has 1 aromatic rings. The van der Waals surface area contributed by atoms with Gasteiger partial charge in [0.1, 0.15) is 0 Å². The summed E-state index contributed by atoms with van der Waals surface area (Å²) in [7, 11) is 0. The molecule has 0 aliphatic carbocycles. The van der Waals surface area contributed by atoms with Crippen molar-refractivity contribution >= 4 is 29.4 Å². The second kappa shape index (κ2) is 10.2. The minimum atomic E-state index is -0.366. The number of esters is 1. The van der Waals surface area contributed by atoms with Gasteiger partial charge in [0.05, 0.1) is 5.92 Å². The van der Waals surface area contributed by atoms with Gasteiger partial charge in [0.25, 0.3) is 11.8 Å². The van der Waals surface area contributed by atoms with E-state index in [9.17, 15) is 14.4 Å². The van der Waals surface area contributed by atoms with Crippen LogP contribution in [0.15, 0.2) is 24.3 Å². The zero-order chi connectivity index (χ0) is 18.9. The Balaban J connectivity index is 1.73. The lowest BCUT2D eigenvalue weighted by atomic mass is 9.96. The molecule has 1 aromatic carbocycles. The number of halogens is 1. The van der Waals surface area contributed by atoms with Crippen LogP contribution in [0.2, 0.25) is 5.02 Å². The Morgan fingerprint density at radius 1 is 1.19 bits per heavy atom. The van der Waals surface area contributed by atoms with Crippen LogP contribution < -0.4 is 5.32 Å². The molecule has 0 radical (unpaired) electrons. The zero-order valence-corrected chi connectivity index (χ0v) is 15.8. The van der Waals surface area contributed by atoms with Crippen LogP contribution in [0.5, 0.6) is 0 Å². The van der Waals surface area contributed by atoms with E-state index in [1.54, 1.807) is 29.2 Å². The van der Waals surface area contributed by atoms with Gasteiger partial charge in [-0.05, 0) is 43.5 Å². The Morgan fingerprint density at radius 3 is 2.46 bits per heavy atom.